The van der Waals surface area contributed by atoms with Crippen LogP contribution in [0.4, 0.5) is 0 Å². The van der Waals surface area contributed by atoms with E-state index in [1.165, 1.54) is 12.0 Å². The molecule has 0 unspecified atom stereocenters. The molecule has 0 amide bonds. The lowest BCUT2D eigenvalue weighted by molar-refractivity contribution is 0.104. The lowest BCUT2D eigenvalue weighted by Gasteiger charge is -2.30. The molecule has 0 saturated heterocycles. The predicted molar refractivity (Wildman–Crippen MR) is 90.5 cm³/mol. The molecule has 1 nitrogen and oxygen atoms in total. The third kappa shape index (κ3) is 6.42. The van der Waals surface area contributed by atoms with Crippen molar-refractivity contribution in [2.24, 2.45) is 5.41 Å². The van der Waals surface area contributed by atoms with Gasteiger partial charge < -0.3 is 4.74 Å². The minimum Gasteiger partial charge on any atom is -0.381 e. The average molecular weight is 392 g/mol. The molecular weight excluding hydrogens is 368 g/mol. The summed E-state index contributed by atoms with van der Waals surface area (Å²) in [6, 6.07) is 10.7. The fourth-order valence-electron chi connectivity index (χ4n) is 2.02. The maximum Gasteiger partial charge on any atom is 0.0472 e. The van der Waals surface area contributed by atoms with Gasteiger partial charge >= 0.3 is 0 Å². The van der Waals surface area contributed by atoms with E-state index in [0.29, 0.717) is 0 Å². The van der Waals surface area contributed by atoms with Crippen molar-refractivity contribution in [1.29, 1.82) is 0 Å². The highest BCUT2D eigenvalue weighted by molar-refractivity contribution is 9.09. The van der Waals surface area contributed by atoms with Crippen molar-refractivity contribution >= 4 is 31.9 Å². The van der Waals surface area contributed by atoms with Crippen molar-refractivity contribution in [2.75, 3.05) is 23.9 Å². The fourth-order valence-corrected chi connectivity index (χ4v) is 3.90. The second kappa shape index (κ2) is 9.95. The van der Waals surface area contributed by atoms with Gasteiger partial charge in [0.25, 0.3) is 0 Å². The van der Waals surface area contributed by atoms with Crippen molar-refractivity contribution in [2.45, 2.75) is 32.6 Å². The van der Waals surface area contributed by atoms with Gasteiger partial charge in [0.05, 0.1) is 0 Å². The number of benzene rings is 1. The number of rotatable bonds is 10. The van der Waals surface area contributed by atoms with E-state index in [0.717, 1.165) is 43.1 Å². The zero-order chi connectivity index (χ0) is 14.0. The van der Waals surface area contributed by atoms with Crippen LogP contribution in [0.2, 0.25) is 0 Å². The molecule has 0 N–H and O–H groups in total. The van der Waals surface area contributed by atoms with E-state index in [1.807, 2.05) is 0 Å². The quantitative estimate of drug-likeness (QED) is 0.392. The molecule has 3 heteroatoms. The van der Waals surface area contributed by atoms with Crippen LogP contribution >= 0.6 is 31.9 Å². The van der Waals surface area contributed by atoms with E-state index in [2.05, 4.69) is 69.1 Å². The molecule has 19 heavy (non-hydrogen) atoms. The van der Waals surface area contributed by atoms with Crippen molar-refractivity contribution in [1.82, 2.24) is 0 Å². The van der Waals surface area contributed by atoms with Crippen LogP contribution in [0.25, 0.3) is 0 Å². The number of hydrogen-bond donors (Lipinski definition) is 0. The highest BCUT2D eigenvalue weighted by Crippen LogP contribution is 2.32. The van der Waals surface area contributed by atoms with E-state index in [4.69, 9.17) is 4.74 Å². The number of ether oxygens (including phenoxy) is 1. The van der Waals surface area contributed by atoms with Gasteiger partial charge in [0.1, 0.15) is 0 Å². The summed E-state index contributed by atoms with van der Waals surface area (Å²) < 4.78 is 5.73. The van der Waals surface area contributed by atoms with E-state index >= 15 is 0 Å². The number of hydrogen-bond acceptors (Lipinski definition) is 1. The Morgan fingerprint density at radius 2 is 1.74 bits per heavy atom. The third-order valence-electron chi connectivity index (χ3n) is 3.41. The zero-order valence-corrected chi connectivity index (χ0v) is 14.9. The van der Waals surface area contributed by atoms with E-state index < -0.39 is 0 Å². The average Bonchev–Trinajstić information content (AvgIpc) is 2.47. The first-order chi connectivity index (χ1) is 9.26. The molecule has 1 aromatic rings. The summed E-state index contributed by atoms with van der Waals surface area (Å²) in [5, 5.41) is 1.99. The van der Waals surface area contributed by atoms with E-state index in [9.17, 15) is 0 Å². The molecule has 0 fully saturated rings. The highest BCUT2D eigenvalue weighted by Gasteiger charge is 2.27. The summed E-state index contributed by atoms with van der Waals surface area (Å²) in [6.45, 7) is 3.94. The maximum atomic E-state index is 5.73. The molecule has 0 aromatic heterocycles. The summed E-state index contributed by atoms with van der Waals surface area (Å²) >= 11 is 7.38. The second-order valence-electron chi connectivity index (χ2n) is 5.15. The smallest absolute Gasteiger partial charge is 0.0472 e. The Kier molecular flexibility index (Phi) is 9.01. The van der Waals surface area contributed by atoms with Gasteiger partial charge in [0, 0.05) is 23.9 Å². The van der Waals surface area contributed by atoms with Gasteiger partial charge in [-0.2, -0.15) is 0 Å². The maximum absolute atomic E-state index is 5.73. The van der Waals surface area contributed by atoms with Gasteiger partial charge in [-0.25, -0.2) is 0 Å². The Balaban J connectivity index is 2.49. The number of halogens is 2. The van der Waals surface area contributed by atoms with Crippen LogP contribution in [-0.4, -0.2) is 23.9 Å². The molecule has 1 rings (SSSR count). The molecule has 0 aliphatic rings. The zero-order valence-electron chi connectivity index (χ0n) is 11.7. The molecule has 0 radical (unpaired) electrons. The lowest BCUT2D eigenvalue weighted by atomic mass is 9.83. The highest BCUT2D eigenvalue weighted by atomic mass is 79.9. The van der Waals surface area contributed by atoms with Gasteiger partial charge in [-0.15, -0.1) is 0 Å². The fraction of sp³-hybridized carbons (Fsp3) is 0.625. The first-order valence-electron chi connectivity index (χ1n) is 7.00. The third-order valence-corrected chi connectivity index (χ3v) is 5.79. The predicted octanol–water partition coefficient (Wildman–Crippen LogP) is 5.21. The van der Waals surface area contributed by atoms with Crippen molar-refractivity contribution in [3.05, 3.63) is 35.9 Å². The molecule has 0 heterocycles. The molecule has 0 atom stereocenters. The Labute approximate surface area is 134 Å². The lowest BCUT2D eigenvalue weighted by Crippen LogP contribution is -2.29. The standard InChI is InChI=1S/C16H24Br2O/c1-2-3-10-19-11-9-16(13-17,14-18)12-15-7-5-4-6-8-15/h4-8H,2-3,9-14H2,1H3. The van der Waals surface area contributed by atoms with E-state index in [-0.39, 0.29) is 5.41 Å². The number of alkyl halides is 2. The second-order valence-corrected chi connectivity index (χ2v) is 6.27. The largest absolute Gasteiger partial charge is 0.381 e. The summed E-state index contributed by atoms with van der Waals surface area (Å²) in [6.07, 6.45) is 4.53. The van der Waals surface area contributed by atoms with Crippen molar-refractivity contribution in [3.8, 4) is 0 Å². The minimum atomic E-state index is 0.244. The van der Waals surface area contributed by atoms with Crippen LogP contribution in [-0.2, 0) is 11.2 Å². The van der Waals surface area contributed by atoms with Crippen LogP contribution in [0.5, 0.6) is 0 Å². The summed E-state index contributed by atoms with van der Waals surface area (Å²) in [7, 11) is 0. The normalized spacial score (nSPS) is 11.7. The molecular formula is C16H24Br2O. The molecule has 0 bridgehead atoms. The Bertz CT molecular complexity index is 323. The Morgan fingerprint density at radius 3 is 2.32 bits per heavy atom. The number of unbranched alkanes of at least 4 members (excludes halogenated alkanes) is 1. The Morgan fingerprint density at radius 1 is 1.05 bits per heavy atom. The topological polar surface area (TPSA) is 9.23 Å². The van der Waals surface area contributed by atoms with Crippen molar-refractivity contribution in [3.63, 3.8) is 0 Å². The van der Waals surface area contributed by atoms with Gasteiger partial charge in [0.15, 0.2) is 0 Å². The van der Waals surface area contributed by atoms with Gasteiger partial charge in [0.2, 0.25) is 0 Å². The molecule has 0 spiro atoms. The summed E-state index contributed by atoms with van der Waals surface area (Å²) in [5.41, 5.74) is 1.64. The van der Waals surface area contributed by atoms with Crippen LogP contribution in [0.1, 0.15) is 31.7 Å². The van der Waals surface area contributed by atoms with E-state index in [1.54, 1.807) is 0 Å². The van der Waals surface area contributed by atoms with Crippen LogP contribution < -0.4 is 0 Å². The summed E-state index contributed by atoms with van der Waals surface area (Å²) in [4.78, 5) is 0. The van der Waals surface area contributed by atoms with Crippen LogP contribution in [0.15, 0.2) is 30.3 Å². The first-order valence-corrected chi connectivity index (χ1v) is 9.24. The molecule has 1 aromatic carbocycles. The Hall–Kier alpha value is 0.140. The van der Waals surface area contributed by atoms with Crippen LogP contribution in [0, 0.1) is 5.41 Å². The molecule has 0 aliphatic heterocycles. The van der Waals surface area contributed by atoms with Crippen LogP contribution in [0.3, 0.4) is 0 Å². The van der Waals surface area contributed by atoms with Gasteiger partial charge in [-0.1, -0.05) is 75.5 Å². The minimum absolute atomic E-state index is 0.244. The molecule has 0 saturated carbocycles. The molecule has 108 valence electrons. The van der Waals surface area contributed by atoms with Gasteiger partial charge in [-0.05, 0) is 30.2 Å². The SMILES string of the molecule is CCCCOCCC(CBr)(CBr)Cc1ccccc1. The first kappa shape index (κ1) is 17.2. The monoisotopic (exact) mass is 390 g/mol. The summed E-state index contributed by atoms with van der Waals surface area (Å²) in [5.74, 6) is 0. The van der Waals surface area contributed by atoms with Gasteiger partial charge in [-0.3, -0.25) is 0 Å². The van der Waals surface area contributed by atoms with Crippen molar-refractivity contribution < 1.29 is 4.74 Å². The molecule has 0 aliphatic carbocycles.